The van der Waals surface area contributed by atoms with Gasteiger partial charge in [0.1, 0.15) is 5.75 Å². The highest BCUT2D eigenvalue weighted by Gasteiger charge is 2.11. The Balaban J connectivity index is 2.58. The fourth-order valence-corrected chi connectivity index (χ4v) is 1.60. The van der Waals surface area contributed by atoms with Crippen molar-refractivity contribution < 1.29 is 13.5 Å². The van der Waals surface area contributed by atoms with Crippen molar-refractivity contribution in [2.45, 2.75) is 13.0 Å². The van der Waals surface area contributed by atoms with Gasteiger partial charge in [-0.25, -0.2) is 8.78 Å². The first-order valence-corrected chi connectivity index (χ1v) is 5.49. The SMILES string of the molecule is COc1ccc(CN(CCN)CC(F)F)cc1. The number of halogens is 2. The van der Waals surface area contributed by atoms with E-state index >= 15 is 0 Å². The largest absolute Gasteiger partial charge is 0.497 e. The highest BCUT2D eigenvalue weighted by atomic mass is 19.3. The molecule has 0 spiro atoms. The molecule has 0 saturated carbocycles. The average molecular weight is 244 g/mol. The van der Waals surface area contributed by atoms with E-state index in [0.717, 1.165) is 11.3 Å². The van der Waals surface area contributed by atoms with Crippen molar-refractivity contribution >= 4 is 0 Å². The molecule has 0 heterocycles. The highest BCUT2D eigenvalue weighted by Crippen LogP contribution is 2.13. The van der Waals surface area contributed by atoms with Gasteiger partial charge >= 0.3 is 0 Å². The fraction of sp³-hybridized carbons (Fsp3) is 0.500. The van der Waals surface area contributed by atoms with E-state index < -0.39 is 6.43 Å². The maximum absolute atomic E-state index is 12.3. The van der Waals surface area contributed by atoms with Crippen LogP contribution in [0.4, 0.5) is 8.78 Å². The zero-order valence-corrected chi connectivity index (χ0v) is 9.90. The lowest BCUT2D eigenvalue weighted by molar-refractivity contribution is 0.0862. The average Bonchev–Trinajstić information content (AvgIpc) is 2.29. The number of hydrogen-bond acceptors (Lipinski definition) is 3. The molecule has 0 saturated heterocycles. The van der Waals surface area contributed by atoms with Crippen LogP contribution in [0.2, 0.25) is 0 Å². The molecule has 17 heavy (non-hydrogen) atoms. The second-order valence-corrected chi connectivity index (χ2v) is 3.76. The van der Waals surface area contributed by atoms with Gasteiger partial charge in [0.15, 0.2) is 0 Å². The summed E-state index contributed by atoms with van der Waals surface area (Å²) < 4.78 is 29.7. The van der Waals surface area contributed by atoms with Gasteiger partial charge in [-0.05, 0) is 17.7 Å². The van der Waals surface area contributed by atoms with Crippen LogP contribution in [-0.4, -0.2) is 38.1 Å². The van der Waals surface area contributed by atoms with E-state index in [1.165, 1.54) is 0 Å². The summed E-state index contributed by atoms with van der Waals surface area (Å²) in [6.45, 7) is 1.08. The van der Waals surface area contributed by atoms with Crippen LogP contribution in [0, 0.1) is 0 Å². The fourth-order valence-electron chi connectivity index (χ4n) is 1.60. The molecule has 1 aromatic carbocycles. The number of methoxy groups -OCH3 is 1. The third-order valence-corrected chi connectivity index (χ3v) is 2.41. The van der Waals surface area contributed by atoms with Crippen molar-refractivity contribution in [2.24, 2.45) is 5.73 Å². The first-order chi connectivity index (χ1) is 8.15. The lowest BCUT2D eigenvalue weighted by atomic mass is 10.2. The lowest BCUT2D eigenvalue weighted by Gasteiger charge is -2.21. The summed E-state index contributed by atoms with van der Waals surface area (Å²) in [5.74, 6) is 0.757. The van der Waals surface area contributed by atoms with Gasteiger partial charge in [0.2, 0.25) is 0 Å². The predicted molar refractivity (Wildman–Crippen MR) is 63.3 cm³/mol. The van der Waals surface area contributed by atoms with Crippen LogP contribution in [0.15, 0.2) is 24.3 Å². The number of benzene rings is 1. The van der Waals surface area contributed by atoms with E-state index in [9.17, 15) is 8.78 Å². The van der Waals surface area contributed by atoms with Crippen molar-refractivity contribution in [2.75, 3.05) is 26.7 Å². The molecular weight excluding hydrogens is 226 g/mol. The van der Waals surface area contributed by atoms with Crippen LogP contribution in [0.25, 0.3) is 0 Å². The van der Waals surface area contributed by atoms with Crippen LogP contribution in [0.1, 0.15) is 5.56 Å². The summed E-state index contributed by atoms with van der Waals surface area (Å²) >= 11 is 0. The molecule has 0 bridgehead atoms. The minimum absolute atomic E-state index is 0.247. The molecule has 3 nitrogen and oxygen atoms in total. The molecule has 0 aliphatic rings. The van der Waals surface area contributed by atoms with Gasteiger partial charge < -0.3 is 10.5 Å². The van der Waals surface area contributed by atoms with E-state index in [4.69, 9.17) is 10.5 Å². The van der Waals surface area contributed by atoms with Crippen molar-refractivity contribution in [3.63, 3.8) is 0 Å². The zero-order chi connectivity index (χ0) is 12.7. The van der Waals surface area contributed by atoms with Gasteiger partial charge in [-0.15, -0.1) is 0 Å². The third kappa shape index (κ3) is 5.10. The quantitative estimate of drug-likeness (QED) is 0.793. The number of nitrogens with two attached hydrogens (primary N) is 1. The van der Waals surface area contributed by atoms with Crippen molar-refractivity contribution in [1.29, 1.82) is 0 Å². The van der Waals surface area contributed by atoms with Gasteiger partial charge in [-0.2, -0.15) is 0 Å². The summed E-state index contributed by atoms with van der Waals surface area (Å²) in [5, 5.41) is 0. The molecule has 0 aromatic heterocycles. The Kier molecular flexibility index (Phi) is 5.86. The van der Waals surface area contributed by atoms with Gasteiger partial charge in [0.05, 0.1) is 13.7 Å². The van der Waals surface area contributed by atoms with Crippen LogP contribution >= 0.6 is 0 Å². The minimum atomic E-state index is -2.33. The summed E-state index contributed by atoms with van der Waals surface area (Å²) in [4.78, 5) is 1.65. The Morgan fingerprint density at radius 1 is 1.29 bits per heavy atom. The molecule has 1 aromatic rings. The highest BCUT2D eigenvalue weighted by molar-refractivity contribution is 5.27. The molecule has 0 atom stereocenters. The first-order valence-electron chi connectivity index (χ1n) is 5.49. The molecule has 0 amide bonds. The number of hydrogen-bond donors (Lipinski definition) is 1. The monoisotopic (exact) mass is 244 g/mol. The minimum Gasteiger partial charge on any atom is -0.497 e. The molecule has 96 valence electrons. The van der Waals surface area contributed by atoms with E-state index in [-0.39, 0.29) is 6.54 Å². The van der Waals surface area contributed by atoms with Crippen molar-refractivity contribution in [3.8, 4) is 5.75 Å². The zero-order valence-electron chi connectivity index (χ0n) is 9.90. The third-order valence-electron chi connectivity index (χ3n) is 2.41. The summed E-state index contributed by atoms with van der Waals surface area (Å²) in [6, 6.07) is 7.37. The molecule has 1 rings (SSSR count). The summed E-state index contributed by atoms with van der Waals surface area (Å²) in [7, 11) is 1.59. The van der Waals surface area contributed by atoms with Crippen LogP contribution in [-0.2, 0) is 6.54 Å². The van der Waals surface area contributed by atoms with Gasteiger partial charge in [0.25, 0.3) is 6.43 Å². The van der Waals surface area contributed by atoms with Gasteiger partial charge in [-0.1, -0.05) is 12.1 Å². The Bertz CT molecular complexity index is 317. The molecular formula is C12H18F2N2O. The number of rotatable bonds is 7. The molecule has 0 aliphatic carbocycles. The van der Waals surface area contributed by atoms with E-state index in [2.05, 4.69) is 0 Å². The molecule has 0 unspecified atom stereocenters. The van der Waals surface area contributed by atoms with E-state index in [1.54, 1.807) is 12.0 Å². The normalized spacial score (nSPS) is 11.2. The molecule has 5 heteroatoms. The van der Waals surface area contributed by atoms with E-state index in [1.807, 2.05) is 24.3 Å². The first kappa shape index (κ1) is 13.9. The lowest BCUT2D eigenvalue weighted by Crippen LogP contribution is -2.33. The van der Waals surface area contributed by atoms with Crippen LogP contribution < -0.4 is 10.5 Å². The number of nitrogens with zero attached hydrogens (tertiary/aromatic N) is 1. The molecule has 2 N–H and O–H groups in total. The van der Waals surface area contributed by atoms with Gasteiger partial charge in [0, 0.05) is 19.6 Å². The Hall–Kier alpha value is -1.20. The summed E-state index contributed by atoms with van der Waals surface area (Å²) in [6.07, 6.45) is -2.33. The topological polar surface area (TPSA) is 38.5 Å². The maximum Gasteiger partial charge on any atom is 0.251 e. The predicted octanol–water partition coefficient (Wildman–Crippen LogP) is 1.72. The molecule has 0 fully saturated rings. The Morgan fingerprint density at radius 2 is 1.94 bits per heavy atom. The number of ether oxygens (including phenoxy) is 1. The van der Waals surface area contributed by atoms with Crippen molar-refractivity contribution in [3.05, 3.63) is 29.8 Å². The molecule has 0 radical (unpaired) electrons. The van der Waals surface area contributed by atoms with Crippen LogP contribution in [0.5, 0.6) is 5.75 Å². The van der Waals surface area contributed by atoms with Crippen LogP contribution in [0.3, 0.4) is 0 Å². The number of alkyl halides is 2. The van der Waals surface area contributed by atoms with Gasteiger partial charge in [-0.3, -0.25) is 4.90 Å². The maximum atomic E-state index is 12.3. The Labute approximate surface area is 100 Å². The standard InChI is InChI=1S/C12H18F2N2O/c1-17-11-4-2-10(3-5-11)8-16(7-6-15)9-12(13)14/h2-5,12H,6-9,15H2,1H3. The van der Waals surface area contributed by atoms with Crippen molar-refractivity contribution in [1.82, 2.24) is 4.90 Å². The smallest absolute Gasteiger partial charge is 0.251 e. The second-order valence-electron chi connectivity index (χ2n) is 3.76. The Morgan fingerprint density at radius 3 is 2.41 bits per heavy atom. The summed E-state index contributed by atoms with van der Waals surface area (Å²) in [5.41, 5.74) is 6.37. The second kappa shape index (κ2) is 7.19. The molecule has 0 aliphatic heterocycles. The van der Waals surface area contributed by atoms with E-state index in [0.29, 0.717) is 19.6 Å².